The third kappa shape index (κ3) is 5.46. The molecule has 3 heterocycles. The summed E-state index contributed by atoms with van der Waals surface area (Å²) < 4.78 is 4.83. The van der Waals surface area contributed by atoms with Gasteiger partial charge in [0.25, 0.3) is 0 Å². The van der Waals surface area contributed by atoms with Crippen LogP contribution in [0.4, 0.5) is 0 Å². The van der Waals surface area contributed by atoms with E-state index in [2.05, 4.69) is 227 Å². The second-order valence-corrected chi connectivity index (χ2v) is 15.4. The van der Waals surface area contributed by atoms with Crippen molar-refractivity contribution >= 4 is 49.1 Å². The van der Waals surface area contributed by atoms with Crippen LogP contribution in [-0.4, -0.2) is 18.9 Å². The third-order valence-corrected chi connectivity index (χ3v) is 11.9. The zero-order chi connectivity index (χ0) is 39.6. The number of nitrogens with zero attached hydrogens (tertiary/aromatic N) is 4. The van der Waals surface area contributed by atoms with Crippen LogP contribution in [0.25, 0.3) is 111 Å². The summed E-state index contributed by atoms with van der Waals surface area (Å²) in [5.41, 5.74) is 15.4. The summed E-state index contributed by atoms with van der Waals surface area (Å²) in [5, 5.41) is 5.87. The van der Waals surface area contributed by atoms with Crippen molar-refractivity contribution < 1.29 is 0 Å². The van der Waals surface area contributed by atoms with E-state index in [1.165, 1.54) is 43.8 Å². The maximum atomic E-state index is 5.31. The monoisotopic (exact) mass is 764 g/mol. The molecule has 4 nitrogen and oxygen atoms in total. The van der Waals surface area contributed by atoms with Gasteiger partial charge in [-0.3, -0.25) is 8.97 Å². The van der Waals surface area contributed by atoms with Crippen LogP contribution in [0.1, 0.15) is 0 Å². The lowest BCUT2D eigenvalue weighted by Crippen LogP contribution is -1.97. The van der Waals surface area contributed by atoms with Crippen molar-refractivity contribution in [2.24, 2.45) is 0 Å². The second-order valence-electron chi connectivity index (χ2n) is 15.4. The van der Waals surface area contributed by atoms with Gasteiger partial charge in [-0.05, 0) is 80.7 Å². The van der Waals surface area contributed by atoms with Crippen molar-refractivity contribution in [3.63, 3.8) is 0 Å². The standard InChI is InChI=1S/C56H36N4/c1-2-21-43(22-3-1)59-52-29-10-11-30-53(52)60-51-28-9-8-25-48(51)54(56(59)60)40-33-31-37(32-34-40)41-19-12-20-42(35-41)49-36-50(46-26-13-17-38-15-4-6-23-44(38)46)58-55(57-49)47-27-14-18-39-16-5-7-24-45(39)47/h1-36H. The fourth-order valence-electron chi connectivity index (χ4n) is 9.17. The summed E-state index contributed by atoms with van der Waals surface area (Å²) >= 11 is 0. The van der Waals surface area contributed by atoms with Crippen LogP contribution >= 0.6 is 0 Å². The highest BCUT2D eigenvalue weighted by Gasteiger charge is 2.22. The molecule has 12 aromatic rings. The van der Waals surface area contributed by atoms with Gasteiger partial charge in [0.2, 0.25) is 0 Å². The van der Waals surface area contributed by atoms with Crippen molar-refractivity contribution in [1.82, 2.24) is 18.9 Å². The number of rotatable bonds is 6. The van der Waals surface area contributed by atoms with Crippen molar-refractivity contribution in [2.75, 3.05) is 0 Å². The van der Waals surface area contributed by atoms with E-state index < -0.39 is 0 Å². The molecule has 0 bridgehead atoms. The quantitative estimate of drug-likeness (QED) is 0.169. The van der Waals surface area contributed by atoms with E-state index in [1.807, 2.05) is 0 Å². The van der Waals surface area contributed by atoms with Gasteiger partial charge in [0, 0.05) is 33.3 Å². The van der Waals surface area contributed by atoms with E-state index in [0.717, 1.165) is 61.3 Å². The van der Waals surface area contributed by atoms with Crippen LogP contribution < -0.4 is 0 Å². The van der Waals surface area contributed by atoms with Crippen molar-refractivity contribution in [1.29, 1.82) is 0 Å². The molecule has 0 aliphatic heterocycles. The SMILES string of the molecule is c1ccc(-n2c3ccccc3n3c4ccccc4c(-c4ccc(-c5cccc(-c6cc(-c7cccc8ccccc78)nc(-c7cccc8ccccc78)n6)c5)cc4)c23)cc1. The highest BCUT2D eigenvalue weighted by atomic mass is 15.1. The maximum absolute atomic E-state index is 5.31. The van der Waals surface area contributed by atoms with Crippen LogP contribution in [0.5, 0.6) is 0 Å². The van der Waals surface area contributed by atoms with Crippen LogP contribution in [0.2, 0.25) is 0 Å². The van der Waals surface area contributed by atoms with Crippen molar-refractivity contribution in [2.45, 2.75) is 0 Å². The molecule has 0 spiro atoms. The first-order valence-electron chi connectivity index (χ1n) is 20.4. The molecule has 4 heteroatoms. The molecular formula is C56H36N4. The van der Waals surface area contributed by atoms with E-state index in [9.17, 15) is 0 Å². The predicted molar refractivity (Wildman–Crippen MR) is 250 cm³/mol. The van der Waals surface area contributed by atoms with Crippen LogP contribution in [0.15, 0.2) is 218 Å². The van der Waals surface area contributed by atoms with Crippen molar-refractivity contribution in [3.05, 3.63) is 218 Å². The number of hydrogen-bond donors (Lipinski definition) is 0. The fraction of sp³-hybridized carbons (Fsp3) is 0. The molecule has 0 aliphatic carbocycles. The Hall–Kier alpha value is -8.08. The van der Waals surface area contributed by atoms with Gasteiger partial charge in [0.15, 0.2) is 5.82 Å². The molecule has 0 saturated carbocycles. The van der Waals surface area contributed by atoms with E-state index in [4.69, 9.17) is 9.97 Å². The lowest BCUT2D eigenvalue weighted by atomic mass is 9.97. The second kappa shape index (κ2) is 13.8. The Morgan fingerprint density at radius 1 is 0.333 bits per heavy atom. The number of para-hydroxylation sites is 4. The van der Waals surface area contributed by atoms with Gasteiger partial charge in [-0.25, -0.2) is 9.97 Å². The molecule has 0 fully saturated rings. The first-order chi connectivity index (χ1) is 29.8. The molecule has 280 valence electrons. The minimum absolute atomic E-state index is 0.709. The average Bonchev–Trinajstić information content (AvgIpc) is 3.84. The topological polar surface area (TPSA) is 35.1 Å². The summed E-state index contributed by atoms with van der Waals surface area (Å²) in [6, 6.07) is 77.9. The first-order valence-corrected chi connectivity index (χ1v) is 20.4. The number of aromatic nitrogens is 4. The molecule has 0 radical (unpaired) electrons. The minimum Gasteiger partial charge on any atom is -0.293 e. The predicted octanol–water partition coefficient (Wildman–Crippen LogP) is 14.5. The Labute approximate surface area is 346 Å². The molecule has 0 saturated heterocycles. The first kappa shape index (κ1) is 34.0. The molecule has 12 rings (SSSR count). The lowest BCUT2D eigenvalue weighted by molar-refractivity contribution is 1.15. The van der Waals surface area contributed by atoms with E-state index >= 15 is 0 Å². The van der Waals surface area contributed by atoms with Gasteiger partial charge in [0.05, 0.1) is 27.9 Å². The molecule has 0 amide bonds. The number of benzene rings is 9. The molecule has 0 unspecified atom stereocenters. The zero-order valence-corrected chi connectivity index (χ0v) is 32.6. The Morgan fingerprint density at radius 3 is 1.65 bits per heavy atom. The van der Waals surface area contributed by atoms with Crippen LogP contribution in [0, 0.1) is 0 Å². The van der Waals surface area contributed by atoms with E-state index in [1.54, 1.807) is 0 Å². The molecule has 0 atom stereocenters. The maximum Gasteiger partial charge on any atom is 0.161 e. The Kier molecular flexibility index (Phi) is 7.82. The summed E-state index contributed by atoms with van der Waals surface area (Å²) in [6.45, 7) is 0. The zero-order valence-electron chi connectivity index (χ0n) is 32.6. The molecule has 60 heavy (non-hydrogen) atoms. The molecule has 9 aromatic carbocycles. The summed E-state index contributed by atoms with van der Waals surface area (Å²) in [5.74, 6) is 0.709. The van der Waals surface area contributed by atoms with Crippen molar-refractivity contribution in [3.8, 4) is 61.8 Å². The van der Waals surface area contributed by atoms with Crippen LogP contribution in [0.3, 0.4) is 0 Å². The van der Waals surface area contributed by atoms with Crippen LogP contribution in [-0.2, 0) is 0 Å². The number of imidazole rings is 1. The van der Waals surface area contributed by atoms with Gasteiger partial charge < -0.3 is 0 Å². The molecule has 0 N–H and O–H groups in total. The van der Waals surface area contributed by atoms with E-state index in [-0.39, 0.29) is 0 Å². The number of fused-ring (bicyclic) bond motifs is 7. The average molecular weight is 765 g/mol. The molecule has 0 aliphatic rings. The number of hydrogen-bond acceptors (Lipinski definition) is 2. The summed E-state index contributed by atoms with van der Waals surface area (Å²) in [7, 11) is 0. The Morgan fingerprint density at radius 2 is 0.883 bits per heavy atom. The molecular weight excluding hydrogens is 729 g/mol. The summed E-state index contributed by atoms with van der Waals surface area (Å²) in [4.78, 5) is 10.6. The van der Waals surface area contributed by atoms with E-state index in [0.29, 0.717) is 5.82 Å². The lowest BCUT2D eigenvalue weighted by Gasteiger charge is -2.13. The smallest absolute Gasteiger partial charge is 0.161 e. The minimum atomic E-state index is 0.709. The molecule has 3 aromatic heterocycles. The highest BCUT2D eigenvalue weighted by Crippen LogP contribution is 2.42. The summed E-state index contributed by atoms with van der Waals surface area (Å²) in [6.07, 6.45) is 0. The fourth-order valence-corrected chi connectivity index (χ4v) is 9.17. The van der Waals surface area contributed by atoms with Gasteiger partial charge >= 0.3 is 0 Å². The largest absolute Gasteiger partial charge is 0.293 e. The van der Waals surface area contributed by atoms with Gasteiger partial charge in [-0.1, -0.05) is 176 Å². The van der Waals surface area contributed by atoms with Gasteiger partial charge in [-0.15, -0.1) is 0 Å². The Balaban J connectivity index is 1.000. The van der Waals surface area contributed by atoms with Gasteiger partial charge in [0.1, 0.15) is 5.65 Å². The normalized spacial score (nSPS) is 11.7. The highest BCUT2D eigenvalue weighted by molar-refractivity contribution is 6.09. The third-order valence-electron chi connectivity index (χ3n) is 11.9. The Bertz CT molecular complexity index is 3490. The van der Waals surface area contributed by atoms with Gasteiger partial charge in [-0.2, -0.15) is 0 Å².